The number of hydrogen-bond donors (Lipinski definition) is 0. The molecule has 0 radical (unpaired) electrons. The standard InChI is InChI=1S/C14H15BrN2OS/c1-10(2)17-7-6-13(18)16-14(17)19-9-11-4-3-5-12(15)8-11/h3-8,10H,9H2,1-2H3. The van der Waals surface area contributed by atoms with Gasteiger partial charge in [0, 0.05) is 28.5 Å². The zero-order valence-corrected chi connectivity index (χ0v) is 13.2. The first-order chi connectivity index (χ1) is 9.06. The Morgan fingerprint density at radius 2 is 2.16 bits per heavy atom. The van der Waals surface area contributed by atoms with Crippen LogP contribution < -0.4 is 5.56 Å². The minimum atomic E-state index is -0.186. The molecule has 1 heterocycles. The van der Waals surface area contributed by atoms with E-state index in [-0.39, 0.29) is 11.6 Å². The highest BCUT2D eigenvalue weighted by molar-refractivity contribution is 9.10. The molecule has 0 aliphatic heterocycles. The van der Waals surface area contributed by atoms with Gasteiger partial charge in [0.2, 0.25) is 0 Å². The summed E-state index contributed by atoms with van der Waals surface area (Å²) in [6.45, 7) is 4.16. The van der Waals surface area contributed by atoms with Crippen molar-refractivity contribution in [2.45, 2.75) is 30.8 Å². The highest BCUT2D eigenvalue weighted by Crippen LogP contribution is 2.23. The number of thioether (sulfide) groups is 1. The predicted molar refractivity (Wildman–Crippen MR) is 82.6 cm³/mol. The number of halogens is 1. The summed E-state index contributed by atoms with van der Waals surface area (Å²) in [6, 6.07) is 9.95. The zero-order valence-electron chi connectivity index (χ0n) is 10.8. The maximum atomic E-state index is 11.4. The average molecular weight is 339 g/mol. The minimum absolute atomic E-state index is 0.186. The molecule has 0 amide bonds. The number of nitrogens with zero attached hydrogens (tertiary/aromatic N) is 2. The van der Waals surface area contributed by atoms with Crippen LogP contribution in [0.5, 0.6) is 0 Å². The first kappa shape index (κ1) is 14.3. The van der Waals surface area contributed by atoms with Gasteiger partial charge in [-0.05, 0) is 31.5 Å². The molecule has 0 aliphatic rings. The number of benzene rings is 1. The van der Waals surface area contributed by atoms with Crippen LogP contribution in [0.3, 0.4) is 0 Å². The summed E-state index contributed by atoms with van der Waals surface area (Å²) in [4.78, 5) is 15.5. The van der Waals surface area contributed by atoms with Gasteiger partial charge in [-0.25, -0.2) is 0 Å². The largest absolute Gasteiger partial charge is 0.325 e. The molecule has 2 aromatic rings. The van der Waals surface area contributed by atoms with Crippen LogP contribution in [-0.2, 0) is 5.75 Å². The van der Waals surface area contributed by atoms with Crippen LogP contribution >= 0.6 is 27.7 Å². The van der Waals surface area contributed by atoms with Gasteiger partial charge in [0.15, 0.2) is 5.16 Å². The monoisotopic (exact) mass is 338 g/mol. The Hall–Kier alpha value is -1.07. The van der Waals surface area contributed by atoms with Crippen molar-refractivity contribution >= 4 is 27.7 Å². The molecule has 1 aromatic heterocycles. The fourth-order valence-corrected chi connectivity index (χ4v) is 3.17. The number of rotatable bonds is 4. The molecule has 0 fully saturated rings. The van der Waals surface area contributed by atoms with Gasteiger partial charge >= 0.3 is 0 Å². The van der Waals surface area contributed by atoms with E-state index in [2.05, 4.69) is 46.9 Å². The molecule has 0 unspecified atom stereocenters. The van der Waals surface area contributed by atoms with Crippen LogP contribution in [0.15, 0.2) is 51.0 Å². The van der Waals surface area contributed by atoms with Crippen LogP contribution in [0.2, 0.25) is 0 Å². The van der Waals surface area contributed by atoms with E-state index >= 15 is 0 Å². The average Bonchev–Trinajstić information content (AvgIpc) is 2.36. The Balaban J connectivity index is 2.19. The lowest BCUT2D eigenvalue weighted by Crippen LogP contribution is -2.14. The van der Waals surface area contributed by atoms with Crippen LogP contribution in [0.25, 0.3) is 0 Å². The van der Waals surface area contributed by atoms with Gasteiger partial charge in [-0.3, -0.25) is 4.79 Å². The van der Waals surface area contributed by atoms with Gasteiger partial charge in [-0.15, -0.1) is 0 Å². The van der Waals surface area contributed by atoms with Gasteiger partial charge in [-0.2, -0.15) is 4.98 Å². The molecule has 1 aromatic carbocycles. The first-order valence-electron chi connectivity index (χ1n) is 6.02. The molecule has 0 saturated carbocycles. The second-order valence-corrected chi connectivity index (χ2v) is 6.33. The fraction of sp³-hybridized carbons (Fsp3) is 0.286. The molecule has 5 heteroatoms. The van der Waals surface area contributed by atoms with Gasteiger partial charge in [0.05, 0.1) is 0 Å². The summed E-state index contributed by atoms with van der Waals surface area (Å²) in [5.74, 6) is 0.794. The van der Waals surface area contributed by atoms with Crippen LogP contribution in [-0.4, -0.2) is 9.55 Å². The summed E-state index contributed by atoms with van der Waals surface area (Å²) in [5.41, 5.74) is 1.02. The second kappa shape index (κ2) is 6.39. The van der Waals surface area contributed by atoms with E-state index in [1.54, 1.807) is 11.8 Å². The van der Waals surface area contributed by atoms with E-state index in [4.69, 9.17) is 0 Å². The molecule has 0 aliphatic carbocycles. The van der Waals surface area contributed by atoms with E-state index in [1.807, 2.05) is 22.9 Å². The third kappa shape index (κ3) is 3.94. The Morgan fingerprint density at radius 1 is 1.37 bits per heavy atom. The number of aromatic nitrogens is 2. The van der Waals surface area contributed by atoms with Crippen molar-refractivity contribution in [3.8, 4) is 0 Å². The fourth-order valence-electron chi connectivity index (χ4n) is 1.67. The highest BCUT2D eigenvalue weighted by atomic mass is 79.9. The van der Waals surface area contributed by atoms with Crippen LogP contribution in [0.1, 0.15) is 25.5 Å². The first-order valence-corrected chi connectivity index (χ1v) is 7.80. The van der Waals surface area contributed by atoms with Crippen molar-refractivity contribution < 1.29 is 0 Å². The quantitative estimate of drug-likeness (QED) is 0.626. The highest BCUT2D eigenvalue weighted by Gasteiger charge is 2.07. The molecule has 0 bridgehead atoms. The Labute approximate surface area is 125 Å². The van der Waals surface area contributed by atoms with E-state index in [9.17, 15) is 4.79 Å². The van der Waals surface area contributed by atoms with Crippen molar-refractivity contribution in [3.63, 3.8) is 0 Å². The van der Waals surface area contributed by atoms with Crippen molar-refractivity contribution in [1.29, 1.82) is 0 Å². The molecule has 100 valence electrons. The summed E-state index contributed by atoms with van der Waals surface area (Å²) >= 11 is 5.04. The summed E-state index contributed by atoms with van der Waals surface area (Å²) in [6.07, 6.45) is 1.81. The smallest absolute Gasteiger partial charge is 0.273 e. The topological polar surface area (TPSA) is 34.9 Å². The molecular formula is C14H15BrN2OS. The van der Waals surface area contributed by atoms with E-state index in [0.29, 0.717) is 0 Å². The number of hydrogen-bond acceptors (Lipinski definition) is 3. The molecule has 0 spiro atoms. The van der Waals surface area contributed by atoms with Gasteiger partial charge in [0.25, 0.3) is 5.56 Å². The molecule has 0 atom stereocenters. The van der Waals surface area contributed by atoms with Crippen LogP contribution in [0, 0.1) is 0 Å². The Morgan fingerprint density at radius 3 is 2.84 bits per heavy atom. The second-order valence-electron chi connectivity index (χ2n) is 4.47. The van der Waals surface area contributed by atoms with Gasteiger partial charge < -0.3 is 4.57 Å². The van der Waals surface area contributed by atoms with Crippen LogP contribution in [0.4, 0.5) is 0 Å². The lowest BCUT2D eigenvalue weighted by atomic mass is 10.2. The maximum Gasteiger partial charge on any atom is 0.273 e. The molecule has 2 rings (SSSR count). The molecule has 0 saturated heterocycles. The van der Waals surface area contributed by atoms with Gasteiger partial charge in [-0.1, -0.05) is 39.8 Å². The Bertz CT molecular complexity index is 625. The van der Waals surface area contributed by atoms with Gasteiger partial charge in [0.1, 0.15) is 0 Å². The zero-order chi connectivity index (χ0) is 13.8. The summed E-state index contributed by atoms with van der Waals surface area (Å²) in [5, 5.41) is 0.766. The van der Waals surface area contributed by atoms with Crippen molar-refractivity contribution in [1.82, 2.24) is 9.55 Å². The van der Waals surface area contributed by atoms with Crippen molar-refractivity contribution in [2.24, 2.45) is 0 Å². The maximum absolute atomic E-state index is 11.4. The predicted octanol–water partition coefficient (Wildman–Crippen LogP) is 3.88. The lowest BCUT2D eigenvalue weighted by molar-refractivity contribution is 0.526. The molecular weight excluding hydrogens is 324 g/mol. The van der Waals surface area contributed by atoms with Crippen molar-refractivity contribution in [3.05, 3.63) is 56.9 Å². The third-order valence-corrected chi connectivity index (χ3v) is 4.15. The molecule has 3 nitrogen and oxygen atoms in total. The molecule has 0 N–H and O–H groups in total. The third-order valence-electron chi connectivity index (χ3n) is 2.62. The van der Waals surface area contributed by atoms with E-state index < -0.39 is 0 Å². The van der Waals surface area contributed by atoms with E-state index in [1.165, 1.54) is 11.6 Å². The van der Waals surface area contributed by atoms with Crippen molar-refractivity contribution in [2.75, 3.05) is 0 Å². The Kier molecular flexibility index (Phi) is 4.82. The minimum Gasteiger partial charge on any atom is -0.325 e. The lowest BCUT2D eigenvalue weighted by Gasteiger charge is -2.14. The normalized spacial score (nSPS) is 10.9. The SMILES string of the molecule is CC(C)n1ccc(=O)nc1SCc1cccc(Br)c1. The summed E-state index contributed by atoms with van der Waals surface area (Å²) in [7, 11) is 0. The summed E-state index contributed by atoms with van der Waals surface area (Å²) < 4.78 is 3.08. The molecule has 19 heavy (non-hydrogen) atoms. The van der Waals surface area contributed by atoms with E-state index in [0.717, 1.165) is 15.4 Å².